The van der Waals surface area contributed by atoms with Gasteiger partial charge < -0.3 is 4.74 Å². The van der Waals surface area contributed by atoms with Crippen LogP contribution in [0, 0.1) is 0 Å². The van der Waals surface area contributed by atoms with Gasteiger partial charge in [-0.15, -0.1) is 0 Å². The number of ether oxygens (including phenoxy) is 1. The lowest BCUT2D eigenvalue weighted by Crippen LogP contribution is -2.17. The summed E-state index contributed by atoms with van der Waals surface area (Å²) in [4.78, 5) is 22.7. The fraction of sp³-hybridized carbons (Fsp3) is 0.167. The van der Waals surface area contributed by atoms with Gasteiger partial charge in [0, 0.05) is 0 Å². The van der Waals surface area contributed by atoms with Crippen molar-refractivity contribution < 1.29 is 14.3 Å². The molecule has 1 aliphatic heterocycles. The lowest BCUT2D eigenvalue weighted by molar-refractivity contribution is -0.115. The van der Waals surface area contributed by atoms with Gasteiger partial charge in [0.05, 0.1) is 11.5 Å². The van der Waals surface area contributed by atoms with Crippen LogP contribution in [0.5, 0.6) is 5.75 Å². The minimum absolute atomic E-state index is 0.327. The summed E-state index contributed by atoms with van der Waals surface area (Å²) in [5, 5.41) is 1.88. The molecule has 0 unspecified atom stereocenters. The van der Waals surface area contributed by atoms with E-state index in [4.69, 9.17) is 4.74 Å². The quantitative estimate of drug-likeness (QED) is 0.836. The Balaban J connectivity index is 2.16. The van der Waals surface area contributed by atoms with Gasteiger partial charge in [0.1, 0.15) is 5.75 Å². The SMILES string of the molecule is CCOc1ccc(C=C2SC(=O)NC2=O)cc1. The van der Waals surface area contributed by atoms with Crippen molar-refractivity contribution in [1.29, 1.82) is 0 Å². The maximum Gasteiger partial charge on any atom is 0.290 e. The number of carbonyl (C=O) groups is 2. The van der Waals surface area contributed by atoms with Crippen molar-refractivity contribution in [2.24, 2.45) is 0 Å². The first-order valence-electron chi connectivity index (χ1n) is 5.17. The second-order valence-electron chi connectivity index (χ2n) is 3.35. The van der Waals surface area contributed by atoms with E-state index in [0.29, 0.717) is 11.5 Å². The highest BCUT2D eigenvalue weighted by molar-refractivity contribution is 8.18. The standard InChI is InChI=1S/C12H11NO3S/c1-2-16-9-5-3-8(4-6-9)7-10-11(14)13-12(15)17-10/h3-7H,2H2,1H3,(H,13,14,15). The van der Waals surface area contributed by atoms with Crippen LogP contribution in [0.3, 0.4) is 0 Å². The van der Waals surface area contributed by atoms with Crippen molar-refractivity contribution in [2.75, 3.05) is 6.61 Å². The second-order valence-corrected chi connectivity index (χ2v) is 4.37. The molecular formula is C12H11NO3S. The first kappa shape index (κ1) is 11.7. The number of imide groups is 1. The number of amides is 2. The summed E-state index contributed by atoms with van der Waals surface area (Å²) in [6.07, 6.45) is 1.68. The van der Waals surface area contributed by atoms with Crippen LogP contribution < -0.4 is 10.1 Å². The van der Waals surface area contributed by atoms with Gasteiger partial charge in [-0.2, -0.15) is 0 Å². The third kappa shape index (κ3) is 2.88. The topological polar surface area (TPSA) is 55.4 Å². The number of hydrogen-bond donors (Lipinski definition) is 1. The summed E-state index contributed by atoms with van der Waals surface area (Å²) in [5.41, 5.74) is 0.862. The van der Waals surface area contributed by atoms with Crippen molar-refractivity contribution in [3.63, 3.8) is 0 Å². The van der Waals surface area contributed by atoms with E-state index in [1.165, 1.54) is 0 Å². The van der Waals surface area contributed by atoms with Crippen molar-refractivity contribution in [1.82, 2.24) is 5.32 Å². The summed E-state index contributed by atoms with van der Waals surface area (Å²) >= 11 is 0.913. The third-order valence-electron chi connectivity index (χ3n) is 2.13. The maximum absolute atomic E-state index is 11.3. The first-order valence-corrected chi connectivity index (χ1v) is 5.98. The molecule has 1 aromatic rings. The van der Waals surface area contributed by atoms with E-state index in [1.54, 1.807) is 6.08 Å². The van der Waals surface area contributed by atoms with E-state index in [-0.39, 0.29) is 11.1 Å². The van der Waals surface area contributed by atoms with Gasteiger partial charge in [0.2, 0.25) is 0 Å². The Morgan fingerprint density at radius 2 is 2.00 bits per heavy atom. The largest absolute Gasteiger partial charge is 0.494 e. The zero-order valence-corrected chi connectivity index (χ0v) is 10.0. The van der Waals surface area contributed by atoms with Crippen LogP contribution in [0.15, 0.2) is 29.2 Å². The Hall–Kier alpha value is -1.75. The number of hydrogen-bond acceptors (Lipinski definition) is 4. The molecule has 0 spiro atoms. The maximum atomic E-state index is 11.3. The summed E-state index contributed by atoms with van der Waals surface area (Å²) in [5.74, 6) is 0.447. The highest BCUT2D eigenvalue weighted by atomic mass is 32.2. The van der Waals surface area contributed by atoms with Gasteiger partial charge in [-0.25, -0.2) is 0 Å². The highest BCUT2D eigenvalue weighted by Crippen LogP contribution is 2.26. The van der Waals surface area contributed by atoms with Gasteiger partial charge in [0.25, 0.3) is 11.1 Å². The van der Waals surface area contributed by atoms with Gasteiger partial charge >= 0.3 is 0 Å². The van der Waals surface area contributed by atoms with Crippen molar-refractivity contribution in [3.05, 3.63) is 34.7 Å². The molecule has 0 radical (unpaired) electrons. The van der Waals surface area contributed by atoms with E-state index < -0.39 is 0 Å². The summed E-state index contributed by atoms with van der Waals surface area (Å²) in [7, 11) is 0. The van der Waals surface area contributed by atoms with Crippen LogP contribution in [-0.4, -0.2) is 17.8 Å². The molecule has 0 bridgehead atoms. The first-order chi connectivity index (χ1) is 8.19. The van der Waals surface area contributed by atoms with Crippen LogP contribution in [0.25, 0.3) is 6.08 Å². The van der Waals surface area contributed by atoms with Gasteiger partial charge in [-0.05, 0) is 42.5 Å². The molecule has 0 aromatic heterocycles. The molecule has 17 heavy (non-hydrogen) atoms. The van der Waals surface area contributed by atoms with E-state index in [0.717, 1.165) is 23.1 Å². The lowest BCUT2D eigenvalue weighted by Gasteiger charge is -2.02. The van der Waals surface area contributed by atoms with E-state index in [1.807, 2.05) is 31.2 Å². The Bertz CT molecular complexity index is 479. The van der Waals surface area contributed by atoms with Crippen molar-refractivity contribution >= 4 is 29.0 Å². The average Bonchev–Trinajstić information content (AvgIpc) is 2.61. The number of benzene rings is 1. The molecule has 2 rings (SSSR count). The fourth-order valence-corrected chi connectivity index (χ4v) is 2.08. The second kappa shape index (κ2) is 5.05. The van der Waals surface area contributed by atoms with Crippen molar-refractivity contribution in [3.8, 4) is 5.75 Å². The zero-order chi connectivity index (χ0) is 12.3. The predicted molar refractivity (Wildman–Crippen MR) is 66.7 cm³/mol. The number of nitrogens with one attached hydrogen (secondary N) is 1. The average molecular weight is 249 g/mol. The van der Waals surface area contributed by atoms with E-state index >= 15 is 0 Å². The normalized spacial score (nSPS) is 17.4. The predicted octanol–water partition coefficient (Wildman–Crippen LogP) is 2.41. The van der Waals surface area contributed by atoms with Crippen LogP contribution >= 0.6 is 11.8 Å². The molecule has 5 heteroatoms. The molecule has 1 aromatic carbocycles. The molecule has 1 aliphatic rings. The van der Waals surface area contributed by atoms with Gasteiger partial charge in [-0.1, -0.05) is 12.1 Å². The van der Waals surface area contributed by atoms with Crippen molar-refractivity contribution in [2.45, 2.75) is 6.92 Å². The van der Waals surface area contributed by atoms with E-state index in [2.05, 4.69) is 5.32 Å². The molecule has 1 heterocycles. The third-order valence-corrected chi connectivity index (χ3v) is 2.94. The molecule has 88 valence electrons. The van der Waals surface area contributed by atoms with E-state index in [9.17, 15) is 9.59 Å². The molecule has 2 amide bonds. The van der Waals surface area contributed by atoms with Crippen LogP contribution in [0.1, 0.15) is 12.5 Å². The van der Waals surface area contributed by atoms with Crippen LogP contribution in [0.4, 0.5) is 4.79 Å². The monoisotopic (exact) mass is 249 g/mol. The lowest BCUT2D eigenvalue weighted by atomic mass is 10.2. The molecule has 0 aliphatic carbocycles. The summed E-state index contributed by atoms with van der Waals surface area (Å²) in [6.45, 7) is 2.54. The Kier molecular flexibility index (Phi) is 3.49. The smallest absolute Gasteiger partial charge is 0.290 e. The fourth-order valence-electron chi connectivity index (χ4n) is 1.40. The molecule has 0 saturated carbocycles. The van der Waals surface area contributed by atoms with Crippen LogP contribution in [0.2, 0.25) is 0 Å². The van der Waals surface area contributed by atoms with Crippen LogP contribution in [-0.2, 0) is 4.79 Å². The number of thioether (sulfide) groups is 1. The highest BCUT2D eigenvalue weighted by Gasteiger charge is 2.24. The van der Waals surface area contributed by atoms with Gasteiger partial charge in [0.15, 0.2) is 0 Å². The minimum Gasteiger partial charge on any atom is -0.494 e. The molecule has 0 atom stereocenters. The Morgan fingerprint density at radius 3 is 2.53 bits per heavy atom. The minimum atomic E-state index is -0.339. The Labute approximate surface area is 103 Å². The molecule has 1 N–H and O–H groups in total. The molecule has 1 saturated heterocycles. The molecule has 4 nitrogen and oxygen atoms in total. The summed E-state index contributed by atoms with van der Waals surface area (Å²) in [6, 6.07) is 7.34. The zero-order valence-electron chi connectivity index (χ0n) is 9.23. The summed E-state index contributed by atoms with van der Waals surface area (Å²) < 4.78 is 5.31. The Morgan fingerprint density at radius 1 is 1.29 bits per heavy atom. The molecular weight excluding hydrogens is 238 g/mol. The number of carbonyl (C=O) groups excluding carboxylic acids is 2. The van der Waals surface area contributed by atoms with Gasteiger partial charge in [-0.3, -0.25) is 14.9 Å². The molecule has 1 fully saturated rings. The number of rotatable bonds is 3.